The average molecular weight is 371 g/mol. The summed E-state index contributed by atoms with van der Waals surface area (Å²) in [4.78, 5) is 16.7. The van der Waals surface area contributed by atoms with Crippen molar-refractivity contribution in [1.29, 1.82) is 0 Å². The van der Waals surface area contributed by atoms with E-state index in [1.54, 1.807) is 13.2 Å². The summed E-state index contributed by atoms with van der Waals surface area (Å²) in [6, 6.07) is 10.4. The number of pyridine rings is 1. The summed E-state index contributed by atoms with van der Waals surface area (Å²) >= 11 is 0. The number of nitrogens with one attached hydrogen (secondary N) is 3. The highest BCUT2D eigenvalue weighted by Gasteiger charge is 2.17. The lowest BCUT2D eigenvalue weighted by Crippen LogP contribution is -2.35. The fourth-order valence-corrected chi connectivity index (χ4v) is 2.80. The molecule has 3 rings (SSSR count). The Morgan fingerprint density at radius 2 is 2.07 bits per heavy atom. The second kappa shape index (κ2) is 8.47. The third kappa shape index (κ3) is 4.15. The lowest BCUT2D eigenvalue weighted by atomic mass is 10.1. The Kier molecular flexibility index (Phi) is 5.84. The van der Waals surface area contributed by atoms with E-state index < -0.39 is 6.03 Å². The fourth-order valence-electron chi connectivity index (χ4n) is 2.80. The molecule has 0 aliphatic heterocycles. The highest BCUT2D eigenvalue weighted by molar-refractivity contribution is 5.93. The van der Waals surface area contributed by atoms with Crippen molar-refractivity contribution in [2.75, 3.05) is 26.1 Å². The van der Waals surface area contributed by atoms with Crippen LogP contribution < -0.4 is 15.4 Å². The number of ether oxygens (including phenoxy) is 2. The number of aromatic amines is 1. The van der Waals surface area contributed by atoms with Gasteiger partial charge >= 0.3 is 6.03 Å². The molecule has 2 heterocycles. The smallest absolute Gasteiger partial charge is 0.320 e. The van der Waals surface area contributed by atoms with Gasteiger partial charge in [0.05, 0.1) is 43.0 Å². The summed E-state index contributed by atoms with van der Waals surface area (Å²) in [5, 5.41) is 22.5. The monoisotopic (exact) mass is 371 g/mol. The number of aliphatic hydroxyl groups excluding tert-OH is 1. The molecule has 0 fully saturated rings. The van der Waals surface area contributed by atoms with E-state index in [1.807, 2.05) is 30.3 Å². The van der Waals surface area contributed by atoms with E-state index in [0.29, 0.717) is 29.1 Å². The number of hydrogen-bond acceptors (Lipinski definition) is 6. The molecule has 3 aromatic rings. The molecule has 0 bridgehead atoms. The topological polar surface area (TPSA) is 121 Å². The van der Waals surface area contributed by atoms with Gasteiger partial charge in [-0.05, 0) is 5.56 Å². The van der Waals surface area contributed by atoms with Crippen molar-refractivity contribution < 1.29 is 19.4 Å². The molecule has 0 aliphatic carbocycles. The van der Waals surface area contributed by atoms with Crippen molar-refractivity contribution >= 4 is 22.8 Å². The zero-order valence-corrected chi connectivity index (χ0v) is 15.0. The average Bonchev–Trinajstić information content (AvgIpc) is 3.10. The number of hydrogen-bond donors (Lipinski definition) is 4. The van der Waals surface area contributed by atoms with Crippen molar-refractivity contribution in [1.82, 2.24) is 20.5 Å². The van der Waals surface area contributed by atoms with Gasteiger partial charge in [-0.1, -0.05) is 30.3 Å². The van der Waals surface area contributed by atoms with E-state index in [1.165, 1.54) is 7.11 Å². The van der Waals surface area contributed by atoms with Gasteiger partial charge in [-0.15, -0.1) is 5.10 Å². The number of methoxy groups -OCH3 is 2. The maximum atomic E-state index is 12.4. The van der Waals surface area contributed by atoms with E-state index in [-0.39, 0.29) is 18.5 Å². The van der Waals surface area contributed by atoms with Crippen LogP contribution in [0, 0.1) is 0 Å². The van der Waals surface area contributed by atoms with Crippen molar-refractivity contribution in [3.05, 3.63) is 47.7 Å². The first-order valence-corrected chi connectivity index (χ1v) is 8.30. The SMILES string of the molecule is COC[C@@H](NC(=O)Nc1cc2[nH]nc(OC)c2c(CO)n1)c1ccccc1. The third-order valence-corrected chi connectivity index (χ3v) is 4.01. The van der Waals surface area contributed by atoms with Gasteiger partial charge in [0, 0.05) is 13.2 Å². The molecule has 0 radical (unpaired) electrons. The Morgan fingerprint density at radius 1 is 1.30 bits per heavy atom. The summed E-state index contributed by atoms with van der Waals surface area (Å²) in [6.07, 6.45) is 0. The molecule has 4 N–H and O–H groups in total. The second-order valence-electron chi connectivity index (χ2n) is 5.78. The molecule has 0 saturated carbocycles. The van der Waals surface area contributed by atoms with Crippen molar-refractivity contribution in [2.24, 2.45) is 0 Å². The number of rotatable bonds is 7. The molecular formula is C18H21N5O4. The minimum Gasteiger partial charge on any atom is -0.479 e. The molecular weight excluding hydrogens is 350 g/mol. The number of benzene rings is 1. The minimum absolute atomic E-state index is 0.277. The van der Waals surface area contributed by atoms with Gasteiger partial charge in [-0.3, -0.25) is 10.4 Å². The van der Waals surface area contributed by atoms with E-state index >= 15 is 0 Å². The van der Waals surface area contributed by atoms with Gasteiger partial charge in [-0.25, -0.2) is 9.78 Å². The van der Waals surface area contributed by atoms with E-state index in [0.717, 1.165) is 5.56 Å². The minimum atomic E-state index is -0.442. The number of fused-ring (bicyclic) bond motifs is 1. The number of carbonyl (C=O) groups excluding carboxylic acids is 1. The molecule has 1 atom stereocenters. The predicted molar refractivity (Wildman–Crippen MR) is 99.6 cm³/mol. The molecule has 2 amide bonds. The summed E-state index contributed by atoms with van der Waals surface area (Å²) in [7, 11) is 3.06. The molecule has 142 valence electrons. The maximum absolute atomic E-state index is 12.4. The quantitative estimate of drug-likeness (QED) is 0.504. The largest absolute Gasteiger partial charge is 0.479 e. The molecule has 1 aromatic carbocycles. The highest BCUT2D eigenvalue weighted by atomic mass is 16.5. The summed E-state index contributed by atoms with van der Waals surface area (Å²) in [5.41, 5.74) is 1.87. The number of H-pyrrole nitrogens is 1. The van der Waals surface area contributed by atoms with E-state index in [4.69, 9.17) is 9.47 Å². The second-order valence-corrected chi connectivity index (χ2v) is 5.78. The summed E-state index contributed by atoms with van der Waals surface area (Å²) in [6.45, 7) is 0.00335. The van der Waals surface area contributed by atoms with Crippen LogP contribution in [0.1, 0.15) is 17.3 Å². The summed E-state index contributed by atoms with van der Waals surface area (Å²) in [5.74, 6) is 0.612. The Labute approximate surface area is 155 Å². The van der Waals surface area contributed by atoms with Crippen LogP contribution >= 0.6 is 0 Å². The van der Waals surface area contributed by atoms with Crippen LogP contribution in [-0.2, 0) is 11.3 Å². The number of urea groups is 1. The third-order valence-electron chi connectivity index (χ3n) is 4.01. The van der Waals surface area contributed by atoms with Crippen LogP contribution in [0.15, 0.2) is 36.4 Å². The van der Waals surface area contributed by atoms with Crippen molar-refractivity contribution in [3.8, 4) is 5.88 Å². The fraction of sp³-hybridized carbons (Fsp3) is 0.278. The molecule has 9 heteroatoms. The van der Waals surface area contributed by atoms with Gasteiger partial charge in [0.15, 0.2) is 0 Å². The first-order valence-electron chi connectivity index (χ1n) is 8.30. The van der Waals surface area contributed by atoms with Gasteiger partial charge in [0.25, 0.3) is 0 Å². The van der Waals surface area contributed by atoms with E-state index in [9.17, 15) is 9.90 Å². The first-order chi connectivity index (χ1) is 13.2. The number of aromatic nitrogens is 3. The van der Waals surface area contributed by atoms with Crippen LogP contribution in [0.25, 0.3) is 10.9 Å². The Bertz CT molecular complexity index is 913. The zero-order valence-electron chi connectivity index (χ0n) is 15.0. The molecule has 2 aromatic heterocycles. The molecule has 27 heavy (non-hydrogen) atoms. The Hall–Kier alpha value is -3.17. The Morgan fingerprint density at radius 3 is 2.74 bits per heavy atom. The maximum Gasteiger partial charge on any atom is 0.320 e. The number of anilines is 1. The molecule has 0 aliphatic rings. The van der Waals surface area contributed by atoms with Gasteiger partial charge in [0.1, 0.15) is 5.82 Å². The first kappa shape index (κ1) is 18.6. The van der Waals surface area contributed by atoms with Crippen LogP contribution in [-0.4, -0.2) is 47.1 Å². The standard InChI is InChI=1S/C18H21N5O4/c1-26-10-14(11-6-4-3-5-7-11)20-18(25)21-15-8-12-16(13(9-24)19-15)17(27-2)23-22-12/h3-8,14,24H,9-10H2,1-2H3,(H,22,23)(H2,19,20,21,25)/t14-/m1/s1. The number of carbonyl (C=O) groups is 1. The number of amides is 2. The predicted octanol–water partition coefficient (Wildman–Crippen LogP) is 1.97. The molecule has 0 unspecified atom stereocenters. The lowest BCUT2D eigenvalue weighted by Gasteiger charge is -2.18. The molecule has 0 saturated heterocycles. The number of aliphatic hydroxyl groups is 1. The Balaban J connectivity index is 1.78. The molecule has 0 spiro atoms. The van der Waals surface area contributed by atoms with Crippen LogP contribution in [0.2, 0.25) is 0 Å². The van der Waals surface area contributed by atoms with Gasteiger partial charge < -0.3 is 19.9 Å². The van der Waals surface area contributed by atoms with Crippen LogP contribution in [0.4, 0.5) is 10.6 Å². The summed E-state index contributed by atoms with van der Waals surface area (Å²) < 4.78 is 10.4. The lowest BCUT2D eigenvalue weighted by molar-refractivity contribution is 0.168. The van der Waals surface area contributed by atoms with Gasteiger partial charge in [0.2, 0.25) is 5.88 Å². The van der Waals surface area contributed by atoms with Crippen molar-refractivity contribution in [2.45, 2.75) is 12.6 Å². The molecule has 9 nitrogen and oxygen atoms in total. The van der Waals surface area contributed by atoms with Crippen LogP contribution in [0.5, 0.6) is 5.88 Å². The zero-order chi connectivity index (χ0) is 19.2. The normalized spacial score (nSPS) is 12.0. The van der Waals surface area contributed by atoms with Crippen LogP contribution in [0.3, 0.4) is 0 Å². The van der Waals surface area contributed by atoms with Gasteiger partial charge in [-0.2, -0.15) is 0 Å². The number of nitrogens with zero attached hydrogens (tertiary/aromatic N) is 2. The van der Waals surface area contributed by atoms with Crippen molar-refractivity contribution in [3.63, 3.8) is 0 Å². The van der Waals surface area contributed by atoms with E-state index in [2.05, 4.69) is 25.8 Å². The highest BCUT2D eigenvalue weighted by Crippen LogP contribution is 2.27.